The van der Waals surface area contributed by atoms with E-state index in [4.69, 9.17) is 67.3 Å². The summed E-state index contributed by atoms with van der Waals surface area (Å²) in [5.74, 6) is 2.05. The molecular weight excluding hydrogens is 960 g/mol. The van der Waals surface area contributed by atoms with Crippen molar-refractivity contribution in [2.45, 2.75) is 25.9 Å². The number of H-pyrrole nitrogens is 5. The molecule has 6 aromatic carbocycles. The number of hydrogen-bond donors (Lipinski definition) is 7. The Hall–Kier alpha value is -7.63. The quantitative estimate of drug-likeness (QED) is 0.0646. The van der Waals surface area contributed by atoms with E-state index in [9.17, 15) is 4.79 Å². The van der Waals surface area contributed by atoms with E-state index in [1.165, 1.54) is 6.33 Å². The van der Waals surface area contributed by atoms with Gasteiger partial charge in [0.2, 0.25) is 11.9 Å². The van der Waals surface area contributed by atoms with Crippen LogP contribution in [0, 0.1) is 0 Å². The number of aryl methyl sites for hydroxylation is 1. The lowest BCUT2D eigenvalue weighted by Crippen LogP contribution is -2.12. The molecule has 0 spiro atoms. The topological polar surface area (TPSA) is 228 Å². The molecule has 0 amide bonds. The van der Waals surface area contributed by atoms with Crippen LogP contribution in [0.25, 0.3) is 98.4 Å². The number of imidazole rings is 1. The number of aromatic amines is 5. The molecule has 13 rings (SSSR count). The first-order valence-electron chi connectivity index (χ1n) is 21.8. The fourth-order valence-corrected chi connectivity index (χ4v) is 10.0. The van der Waals surface area contributed by atoms with Crippen LogP contribution in [0.2, 0.25) is 20.1 Å². The highest BCUT2D eigenvalue weighted by Crippen LogP contribution is 2.44. The second-order valence-electron chi connectivity index (χ2n) is 16.7. The highest BCUT2D eigenvalue weighted by molar-refractivity contribution is 6.34. The van der Waals surface area contributed by atoms with E-state index in [2.05, 4.69) is 57.2 Å². The van der Waals surface area contributed by atoms with Gasteiger partial charge in [-0.25, -0.2) is 9.97 Å². The van der Waals surface area contributed by atoms with Crippen LogP contribution in [-0.2, 0) is 13.1 Å². The van der Waals surface area contributed by atoms with Crippen molar-refractivity contribution in [3.8, 4) is 11.5 Å². The van der Waals surface area contributed by atoms with Crippen LogP contribution >= 0.6 is 46.4 Å². The summed E-state index contributed by atoms with van der Waals surface area (Å²) in [6.07, 6.45) is 4.32. The fraction of sp³-hybridized carbons (Fsp3) is 0.122. The summed E-state index contributed by atoms with van der Waals surface area (Å²) in [5, 5.41) is 18.5. The van der Waals surface area contributed by atoms with E-state index in [1.807, 2.05) is 72.8 Å². The number of ether oxygens (including phenoxy) is 2. The number of anilines is 2. The first-order valence-corrected chi connectivity index (χ1v) is 23.4. The van der Waals surface area contributed by atoms with Gasteiger partial charge in [0.15, 0.2) is 22.7 Å². The van der Waals surface area contributed by atoms with Crippen molar-refractivity contribution >= 4 is 157 Å². The van der Waals surface area contributed by atoms with Crippen molar-refractivity contribution < 1.29 is 9.47 Å². The van der Waals surface area contributed by atoms with Crippen LogP contribution in [-0.4, -0.2) is 67.4 Å². The van der Waals surface area contributed by atoms with Gasteiger partial charge < -0.3 is 50.4 Å². The number of aromatic nitrogens is 11. The van der Waals surface area contributed by atoms with Crippen LogP contribution < -0.4 is 26.5 Å². The molecule has 16 nitrogen and oxygen atoms in total. The van der Waals surface area contributed by atoms with Crippen LogP contribution in [0.15, 0.2) is 102 Å². The molecule has 20 heteroatoms. The Morgan fingerprint density at radius 3 is 1.35 bits per heavy atom. The largest absolute Gasteiger partial charge is 0.489 e. The third-order valence-corrected chi connectivity index (χ3v) is 13.4. The SMILES string of the molecule is Nc1nnc(N)n1CCCOc1c2[nH]c3ccc(Cl)cc3c2cc2c1[nH]c1ccc(Cl)cc12.O=c1[nH]cnc2ncn(CCCOc3c4[nH]c5ccc(Cl)cc5c4cc4c3[nH]c3ccc(Cl)cc34)c12. The Bertz CT molecular complexity index is 4030. The van der Waals surface area contributed by atoms with Crippen LogP contribution in [0.1, 0.15) is 12.8 Å². The molecule has 69 heavy (non-hydrogen) atoms. The monoisotopic (exact) mass is 995 g/mol. The molecule has 13 aromatic rings. The average Bonchev–Trinajstić information content (AvgIpc) is 4.20. The summed E-state index contributed by atoms with van der Waals surface area (Å²) >= 11 is 25.3. The normalized spacial score (nSPS) is 12.0. The van der Waals surface area contributed by atoms with E-state index >= 15 is 0 Å². The molecule has 7 heterocycles. The van der Waals surface area contributed by atoms with Gasteiger partial charge >= 0.3 is 0 Å². The predicted octanol–water partition coefficient (Wildman–Crippen LogP) is 11.7. The van der Waals surface area contributed by atoms with E-state index in [0.717, 1.165) is 98.7 Å². The Labute approximate surface area is 408 Å². The number of nitrogens with zero attached hydrogens (tertiary/aromatic N) is 6. The zero-order valence-electron chi connectivity index (χ0n) is 36.1. The minimum atomic E-state index is -0.210. The molecule has 0 bridgehead atoms. The van der Waals surface area contributed by atoms with E-state index in [1.54, 1.807) is 15.5 Å². The van der Waals surface area contributed by atoms with Gasteiger partial charge in [-0.3, -0.25) is 9.36 Å². The molecule has 344 valence electrons. The Morgan fingerprint density at radius 1 is 0.522 bits per heavy atom. The van der Waals surface area contributed by atoms with Crippen molar-refractivity contribution in [1.29, 1.82) is 0 Å². The Kier molecular flexibility index (Phi) is 10.4. The predicted molar refractivity (Wildman–Crippen MR) is 278 cm³/mol. The van der Waals surface area contributed by atoms with Crippen molar-refractivity contribution in [2.24, 2.45) is 0 Å². The van der Waals surface area contributed by atoms with Gasteiger partial charge in [0.1, 0.15) is 0 Å². The molecule has 7 aromatic heterocycles. The van der Waals surface area contributed by atoms with Gasteiger partial charge in [-0.2, -0.15) is 0 Å². The Balaban J connectivity index is 0.000000143. The van der Waals surface area contributed by atoms with Crippen molar-refractivity contribution in [2.75, 3.05) is 24.7 Å². The highest BCUT2D eigenvalue weighted by atomic mass is 35.5. The van der Waals surface area contributed by atoms with Gasteiger partial charge in [-0.05, 0) is 97.8 Å². The van der Waals surface area contributed by atoms with Crippen molar-refractivity contribution in [3.63, 3.8) is 0 Å². The van der Waals surface area contributed by atoms with E-state index in [0.29, 0.717) is 70.4 Å². The molecule has 0 atom stereocenters. The molecular formula is C49H37Cl4N13O3. The Morgan fingerprint density at radius 2 is 0.928 bits per heavy atom. The molecule has 0 radical (unpaired) electrons. The smallest absolute Gasteiger partial charge is 0.276 e. The van der Waals surface area contributed by atoms with E-state index < -0.39 is 0 Å². The highest BCUT2D eigenvalue weighted by Gasteiger charge is 2.20. The maximum Gasteiger partial charge on any atom is 0.276 e. The third-order valence-electron chi connectivity index (χ3n) is 12.5. The number of benzene rings is 6. The molecule has 0 saturated carbocycles. The standard InChI is InChI=1S/C26H18Cl2N6O2.C23H19Cl2N7O/c27-13-2-4-19-15(8-13)17-10-18-16-9-14(28)3-5-20(16)33-22(18)24(21(17)32-19)36-7-1-6-34-12-31-25-23(34)26(35)30-11-29-25;24-11-2-4-17-13(8-11)15-10-16-14-9-12(25)3-5-18(14)29-20(16)21(19(15)28-17)33-7-1-6-32-22(26)30-31-23(32)27/h2-5,8-12,32-33H,1,6-7H2,(H,29,30,35);2-5,8-10,28-29H,1,6-7H2,(H2,26,30)(H2,27,31). The molecule has 0 saturated heterocycles. The first kappa shape index (κ1) is 42.7. The zero-order chi connectivity index (χ0) is 47.1. The van der Waals surface area contributed by atoms with Gasteiger partial charge in [-0.1, -0.05) is 46.4 Å². The van der Waals surface area contributed by atoms with Crippen molar-refractivity contribution in [1.82, 2.24) is 54.2 Å². The fourth-order valence-electron chi connectivity index (χ4n) is 9.33. The summed E-state index contributed by atoms with van der Waals surface area (Å²) in [7, 11) is 0. The maximum atomic E-state index is 12.2. The lowest BCUT2D eigenvalue weighted by Gasteiger charge is -2.10. The number of hydrogen-bond acceptors (Lipinski definition) is 9. The van der Waals surface area contributed by atoms with Crippen LogP contribution in [0.4, 0.5) is 11.9 Å². The number of rotatable bonds is 10. The summed E-state index contributed by atoms with van der Waals surface area (Å²) in [6, 6.07) is 27.5. The second kappa shape index (κ2) is 16.9. The number of nitrogens with one attached hydrogen (secondary N) is 5. The minimum Gasteiger partial charge on any atom is -0.489 e. The summed E-state index contributed by atoms with van der Waals surface area (Å²) < 4.78 is 16.3. The average molecular weight is 998 g/mol. The second-order valence-corrected chi connectivity index (χ2v) is 18.4. The lowest BCUT2D eigenvalue weighted by atomic mass is 10.1. The van der Waals surface area contributed by atoms with Crippen molar-refractivity contribution in [3.05, 3.63) is 128 Å². The number of nitrogen functional groups attached to an aromatic ring is 2. The lowest BCUT2D eigenvalue weighted by molar-refractivity contribution is 0.308. The summed E-state index contributed by atoms with van der Waals surface area (Å²) in [6.45, 7) is 1.99. The van der Waals surface area contributed by atoms with Crippen LogP contribution in [0.3, 0.4) is 0 Å². The van der Waals surface area contributed by atoms with Crippen LogP contribution in [0.5, 0.6) is 11.5 Å². The third kappa shape index (κ3) is 7.43. The zero-order valence-corrected chi connectivity index (χ0v) is 39.1. The summed E-state index contributed by atoms with van der Waals surface area (Å²) in [4.78, 5) is 37.2. The summed E-state index contributed by atoms with van der Waals surface area (Å²) in [5.41, 5.74) is 19.9. The number of fused-ring (bicyclic) bond motifs is 13. The van der Waals surface area contributed by atoms with Gasteiger partial charge in [-0.15, -0.1) is 10.2 Å². The minimum absolute atomic E-state index is 0.210. The molecule has 0 aliphatic carbocycles. The molecule has 0 aliphatic heterocycles. The first-order chi connectivity index (χ1) is 33.6. The number of nitrogens with two attached hydrogens (primary N) is 2. The molecule has 9 N–H and O–H groups in total. The molecule has 0 aliphatic rings. The maximum absolute atomic E-state index is 12.2. The van der Waals surface area contributed by atoms with E-state index in [-0.39, 0.29) is 17.5 Å². The van der Waals surface area contributed by atoms with Gasteiger partial charge in [0.25, 0.3) is 5.56 Å². The van der Waals surface area contributed by atoms with Gasteiger partial charge in [0.05, 0.1) is 47.9 Å². The number of halogens is 4. The molecule has 0 fully saturated rings. The molecule has 0 unspecified atom stereocenters. The van der Waals surface area contributed by atoms with Gasteiger partial charge in [0, 0.05) is 98.3 Å².